The van der Waals surface area contributed by atoms with Crippen molar-refractivity contribution in [2.45, 2.75) is 30.6 Å². The molecule has 2 aromatic carbocycles. The maximum absolute atomic E-state index is 12.8. The zero-order valence-corrected chi connectivity index (χ0v) is 18.9. The van der Waals surface area contributed by atoms with E-state index in [-0.39, 0.29) is 0 Å². The van der Waals surface area contributed by atoms with Crippen LogP contribution in [-0.2, 0) is 18.5 Å². The van der Waals surface area contributed by atoms with Crippen LogP contribution in [-0.4, -0.2) is 26.9 Å². The van der Waals surface area contributed by atoms with Gasteiger partial charge in [0.25, 0.3) is 0 Å². The summed E-state index contributed by atoms with van der Waals surface area (Å²) in [6.07, 6.45) is -4.35. The number of alkyl halides is 3. The van der Waals surface area contributed by atoms with Gasteiger partial charge in [0.2, 0.25) is 0 Å². The molecule has 0 aliphatic carbocycles. The summed E-state index contributed by atoms with van der Waals surface area (Å²) in [4.78, 5) is 4.57. The standard InChI is InChI=1S/C22H19F3N4OS2/c1-3-29-19(17-6-4-5-7-18(17)30-2)27-28-21(29)32-13-16-12-31-20(26-16)14-8-10-15(11-9-14)22(23,24)25/h4-12H,3,13H2,1-2H3. The van der Waals surface area contributed by atoms with Crippen molar-refractivity contribution in [3.05, 3.63) is 65.2 Å². The van der Waals surface area contributed by atoms with Crippen molar-refractivity contribution in [3.63, 3.8) is 0 Å². The summed E-state index contributed by atoms with van der Waals surface area (Å²) in [5, 5.41) is 12.1. The molecule has 0 saturated heterocycles. The Labute approximate surface area is 191 Å². The molecule has 0 N–H and O–H groups in total. The molecule has 2 heterocycles. The van der Waals surface area contributed by atoms with Gasteiger partial charge in [0.15, 0.2) is 11.0 Å². The van der Waals surface area contributed by atoms with Crippen molar-refractivity contribution < 1.29 is 17.9 Å². The van der Waals surface area contributed by atoms with Gasteiger partial charge in [-0.1, -0.05) is 36.0 Å². The molecule has 0 aliphatic heterocycles. The van der Waals surface area contributed by atoms with E-state index in [2.05, 4.69) is 15.2 Å². The van der Waals surface area contributed by atoms with Crippen molar-refractivity contribution in [2.75, 3.05) is 7.11 Å². The van der Waals surface area contributed by atoms with E-state index in [0.717, 1.165) is 40.1 Å². The highest BCUT2D eigenvalue weighted by Crippen LogP contribution is 2.34. The average Bonchev–Trinajstić information content (AvgIpc) is 3.44. The first-order valence-electron chi connectivity index (χ1n) is 9.72. The zero-order chi connectivity index (χ0) is 22.7. The van der Waals surface area contributed by atoms with E-state index < -0.39 is 11.7 Å². The molecule has 0 bridgehead atoms. The highest BCUT2D eigenvalue weighted by Gasteiger charge is 2.30. The predicted molar refractivity (Wildman–Crippen MR) is 120 cm³/mol. The highest BCUT2D eigenvalue weighted by molar-refractivity contribution is 7.98. The summed E-state index contributed by atoms with van der Waals surface area (Å²) >= 11 is 2.92. The molecule has 4 aromatic rings. The van der Waals surface area contributed by atoms with Crippen LogP contribution >= 0.6 is 23.1 Å². The van der Waals surface area contributed by atoms with E-state index in [0.29, 0.717) is 22.9 Å². The second-order valence-electron chi connectivity index (χ2n) is 6.76. The van der Waals surface area contributed by atoms with Gasteiger partial charge in [-0.2, -0.15) is 13.2 Å². The number of thiazole rings is 1. The second kappa shape index (κ2) is 9.33. The summed E-state index contributed by atoms with van der Waals surface area (Å²) in [6.45, 7) is 2.72. The smallest absolute Gasteiger partial charge is 0.416 e. The third kappa shape index (κ3) is 4.66. The summed E-state index contributed by atoms with van der Waals surface area (Å²) in [5.41, 5.74) is 1.70. The SMILES string of the molecule is CCn1c(SCc2csc(-c3ccc(C(F)(F)F)cc3)n2)nnc1-c1ccccc1OC. The number of para-hydroxylation sites is 1. The molecule has 0 spiro atoms. The zero-order valence-electron chi connectivity index (χ0n) is 17.3. The third-order valence-corrected chi connectivity index (χ3v) is 6.68. The van der Waals surface area contributed by atoms with Crippen LogP contribution < -0.4 is 4.74 Å². The number of thioether (sulfide) groups is 1. The van der Waals surface area contributed by atoms with Crippen LogP contribution in [0.3, 0.4) is 0 Å². The van der Waals surface area contributed by atoms with E-state index in [9.17, 15) is 13.2 Å². The molecule has 0 aliphatic rings. The fraction of sp³-hybridized carbons (Fsp3) is 0.227. The quantitative estimate of drug-likeness (QED) is 0.289. The number of hydrogen-bond acceptors (Lipinski definition) is 6. The van der Waals surface area contributed by atoms with E-state index in [1.807, 2.05) is 41.1 Å². The molecule has 0 saturated carbocycles. The number of rotatable bonds is 7. The lowest BCUT2D eigenvalue weighted by Crippen LogP contribution is -2.03. The number of benzene rings is 2. The van der Waals surface area contributed by atoms with Gasteiger partial charge in [0.05, 0.1) is 23.9 Å². The maximum atomic E-state index is 12.8. The Morgan fingerprint density at radius 1 is 1.06 bits per heavy atom. The average molecular weight is 477 g/mol. The molecule has 0 unspecified atom stereocenters. The fourth-order valence-electron chi connectivity index (χ4n) is 3.16. The number of nitrogens with zero attached hydrogens (tertiary/aromatic N) is 4. The molecule has 5 nitrogen and oxygen atoms in total. The highest BCUT2D eigenvalue weighted by atomic mass is 32.2. The van der Waals surface area contributed by atoms with Crippen LogP contribution in [0.2, 0.25) is 0 Å². The minimum atomic E-state index is -4.35. The Hall–Kier alpha value is -2.85. The molecule has 0 amide bonds. The Balaban J connectivity index is 1.49. The van der Waals surface area contributed by atoms with Gasteiger partial charge in [-0.05, 0) is 31.2 Å². The van der Waals surface area contributed by atoms with Crippen LogP contribution in [0.15, 0.2) is 59.1 Å². The monoisotopic (exact) mass is 476 g/mol. The fourth-order valence-corrected chi connectivity index (χ4v) is 4.98. The number of ether oxygens (including phenoxy) is 1. The number of methoxy groups -OCH3 is 1. The molecule has 0 atom stereocenters. The van der Waals surface area contributed by atoms with Crippen LogP contribution in [0.4, 0.5) is 13.2 Å². The second-order valence-corrected chi connectivity index (χ2v) is 8.56. The molecule has 166 valence electrons. The normalized spacial score (nSPS) is 11.7. The Bertz CT molecular complexity index is 1200. The first-order valence-corrected chi connectivity index (χ1v) is 11.6. The van der Waals surface area contributed by atoms with Crippen molar-refractivity contribution in [3.8, 4) is 27.7 Å². The van der Waals surface area contributed by atoms with Crippen molar-refractivity contribution in [1.82, 2.24) is 19.7 Å². The van der Waals surface area contributed by atoms with Crippen molar-refractivity contribution in [1.29, 1.82) is 0 Å². The lowest BCUT2D eigenvalue weighted by atomic mass is 10.1. The van der Waals surface area contributed by atoms with E-state index in [1.165, 1.54) is 35.2 Å². The number of aromatic nitrogens is 4. The molecule has 4 rings (SSSR count). The Morgan fingerprint density at radius 2 is 1.81 bits per heavy atom. The molecule has 32 heavy (non-hydrogen) atoms. The van der Waals surface area contributed by atoms with Crippen LogP contribution in [0.5, 0.6) is 5.75 Å². The molecule has 0 fully saturated rings. The van der Waals surface area contributed by atoms with Gasteiger partial charge < -0.3 is 9.30 Å². The van der Waals surface area contributed by atoms with Gasteiger partial charge in [0.1, 0.15) is 10.8 Å². The van der Waals surface area contributed by atoms with Crippen LogP contribution in [0.25, 0.3) is 22.0 Å². The van der Waals surface area contributed by atoms with E-state index >= 15 is 0 Å². The summed E-state index contributed by atoms with van der Waals surface area (Å²) < 4.78 is 45.8. The van der Waals surface area contributed by atoms with Gasteiger partial charge >= 0.3 is 6.18 Å². The minimum Gasteiger partial charge on any atom is -0.496 e. The molecule has 2 aromatic heterocycles. The number of hydrogen-bond donors (Lipinski definition) is 0. The molecular weight excluding hydrogens is 457 g/mol. The maximum Gasteiger partial charge on any atom is 0.416 e. The van der Waals surface area contributed by atoms with Gasteiger partial charge in [-0.3, -0.25) is 0 Å². The Morgan fingerprint density at radius 3 is 2.50 bits per heavy atom. The summed E-state index contributed by atoms with van der Waals surface area (Å²) in [6, 6.07) is 12.7. The number of halogens is 3. The van der Waals surface area contributed by atoms with Gasteiger partial charge in [0, 0.05) is 23.2 Å². The lowest BCUT2D eigenvalue weighted by Gasteiger charge is -2.10. The first-order chi connectivity index (χ1) is 15.4. The topological polar surface area (TPSA) is 52.8 Å². The van der Waals surface area contributed by atoms with E-state index in [4.69, 9.17) is 4.74 Å². The summed E-state index contributed by atoms with van der Waals surface area (Å²) in [5.74, 6) is 2.03. The van der Waals surface area contributed by atoms with Gasteiger partial charge in [-0.25, -0.2) is 4.98 Å². The van der Waals surface area contributed by atoms with Crippen LogP contribution in [0.1, 0.15) is 18.2 Å². The van der Waals surface area contributed by atoms with Gasteiger partial charge in [-0.15, -0.1) is 21.5 Å². The molecule has 10 heteroatoms. The predicted octanol–water partition coefficient (Wildman–Crippen LogP) is 6.41. The Kier molecular flexibility index (Phi) is 6.52. The van der Waals surface area contributed by atoms with E-state index in [1.54, 1.807) is 7.11 Å². The molecular formula is C22H19F3N4OS2. The minimum absolute atomic E-state index is 0.571. The lowest BCUT2D eigenvalue weighted by molar-refractivity contribution is -0.137. The van der Waals surface area contributed by atoms with Crippen molar-refractivity contribution in [2.24, 2.45) is 0 Å². The third-order valence-electron chi connectivity index (χ3n) is 4.74. The van der Waals surface area contributed by atoms with Crippen molar-refractivity contribution >= 4 is 23.1 Å². The van der Waals surface area contributed by atoms with Crippen LogP contribution in [0, 0.1) is 0 Å². The first kappa shape index (κ1) is 22.3. The largest absolute Gasteiger partial charge is 0.496 e. The summed E-state index contributed by atoms with van der Waals surface area (Å²) in [7, 11) is 1.62. The molecule has 0 radical (unpaired) electrons.